The summed E-state index contributed by atoms with van der Waals surface area (Å²) in [6.45, 7) is 0.890. The molecule has 0 bridgehead atoms. The maximum Gasteiger partial charge on any atom is 0.272 e. The summed E-state index contributed by atoms with van der Waals surface area (Å²) < 4.78 is 20.8. The van der Waals surface area contributed by atoms with Crippen LogP contribution < -0.4 is 10.6 Å². The summed E-state index contributed by atoms with van der Waals surface area (Å²) >= 11 is 6.30. The van der Waals surface area contributed by atoms with Crippen LogP contribution in [0.25, 0.3) is 16.9 Å². The molecule has 10 heteroatoms. The van der Waals surface area contributed by atoms with Crippen LogP contribution in [-0.4, -0.2) is 45.8 Å². The Morgan fingerprint density at radius 2 is 1.83 bits per heavy atom. The van der Waals surface area contributed by atoms with Crippen LogP contribution in [0.1, 0.15) is 20.8 Å². The van der Waals surface area contributed by atoms with Gasteiger partial charge < -0.3 is 15.4 Å². The molecular formula is C25H19ClFN5O3. The maximum atomic E-state index is 14.2. The van der Waals surface area contributed by atoms with Gasteiger partial charge in [-0.25, -0.2) is 9.07 Å². The van der Waals surface area contributed by atoms with Crippen LogP contribution in [-0.2, 0) is 4.74 Å². The van der Waals surface area contributed by atoms with Crippen molar-refractivity contribution in [2.24, 2.45) is 0 Å². The highest BCUT2D eigenvalue weighted by Crippen LogP contribution is 2.27. The van der Waals surface area contributed by atoms with Crippen LogP contribution >= 0.6 is 11.6 Å². The fourth-order valence-electron chi connectivity index (χ4n) is 3.55. The van der Waals surface area contributed by atoms with Gasteiger partial charge >= 0.3 is 0 Å². The third kappa shape index (κ3) is 4.77. The quantitative estimate of drug-likeness (QED) is 0.423. The Balaban J connectivity index is 1.47. The smallest absolute Gasteiger partial charge is 0.272 e. The molecule has 2 N–H and O–H groups in total. The van der Waals surface area contributed by atoms with Crippen molar-refractivity contribution in [3.63, 3.8) is 0 Å². The number of halogens is 2. The Kier molecular flexibility index (Phi) is 6.26. The molecule has 2 amide bonds. The van der Waals surface area contributed by atoms with Crippen LogP contribution in [0.15, 0.2) is 72.9 Å². The fourth-order valence-corrected chi connectivity index (χ4v) is 3.76. The summed E-state index contributed by atoms with van der Waals surface area (Å²) in [5.41, 5.74) is 1.40. The first-order valence-electron chi connectivity index (χ1n) is 10.8. The van der Waals surface area contributed by atoms with Crippen molar-refractivity contribution in [3.05, 3.63) is 95.0 Å². The van der Waals surface area contributed by atoms with Gasteiger partial charge in [0.25, 0.3) is 11.8 Å². The fraction of sp³-hybridized carbons (Fsp3) is 0.120. The number of para-hydroxylation sites is 1. The standard InChI is InChI=1S/C25H19ClFN5O3/c26-19-9-8-15(23-20(27)7-4-10-28-23)11-18(19)24(33)30-22-12-21(25(34)29-16-13-35-14-16)31-32(22)17-5-2-1-3-6-17/h1-12,16H,13-14H2,(H,29,34)(H,30,33). The third-order valence-electron chi connectivity index (χ3n) is 5.40. The van der Waals surface area contributed by atoms with E-state index in [1.54, 1.807) is 18.2 Å². The lowest BCUT2D eigenvalue weighted by Crippen LogP contribution is -2.48. The van der Waals surface area contributed by atoms with Gasteiger partial charge in [0, 0.05) is 17.8 Å². The number of benzene rings is 2. The van der Waals surface area contributed by atoms with Gasteiger partial charge in [-0.05, 0) is 36.4 Å². The van der Waals surface area contributed by atoms with Crippen LogP contribution in [0, 0.1) is 5.82 Å². The van der Waals surface area contributed by atoms with Gasteiger partial charge in [0.15, 0.2) is 5.69 Å². The molecule has 35 heavy (non-hydrogen) atoms. The Morgan fingerprint density at radius 3 is 2.54 bits per heavy atom. The van der Waals surface area contributed by atoms with Gasteiger partial charge in [0.2, 0.25) is 0 Å². The van der Waals surface area contributed by atoms with Crippen molar-refractivity contribution in [1.82, 2.24) is 20.1 Å². The number of rotatable bonds is 6. The molecular weight excluding hydrogens is 473 g/mol. The van der Waals surface area contributed by atoms with Crippen molar-refractivity contribution >= 4 is 29.2 Å². The number of anilines is 1. The van der Waals surface area contributed by atoms with E-state index < -0.39 is 11.7 Å². The SMILES string of the molecule is O=C(NC1COC1)c1cc(NC(=O)c2cc(-c3ncccc3F)ccc2Cl)n(-c2ccccc2)n1. The molecule has 2 aromatic carbocycles. The molecule has 0 radical (unpaired) electrons. The summed E-state index contributed by atoms with van der Waals surface area (Å²) in [6.07, 6.45) is 1.47. The highest BCUT2D eigenvalue weighted by molar-refractivity contribution is 6.34. The number of carbonyl (C=O) groups is 2. The lowest BCUT2D eigenvalue weighted by molar-refractivity contribution is -0.00355. The number of amides is 2. The Bertz CT molecular complexity index is 1410. The molecule has 0 saturated carbocycles. The first kappa shape index (κ1) is 22.7. The molecule has 0 unspecified atom stereocenters. The predicted molar refractivity (Wildman–Crippen MR) is 128 cm³/mol. The van der Waals surface area contributed by atoms with Gasteiger partial charge in [0.1, 0.15) is 17.3 Å². The lowest BCUT2D eigenvalue weighted by atomic mass is 10.1. The lowest BCUT2D eigenvalue weighted by Gasteiger charge is -2.26. The Morgan fingerprint density at radius 1 is 1.03 bits per heavy atom. The van der Waals surface area contributed by atoms with E-state index in [0.29, 0.717) is 24.5 Å². The number of aromatic nitrogens is 3. The number of ether oxygens (including phenoxy) is 1. The normalized spacial score (nSPS) is 13.2. The third-order valence-corrected chi connectivity index (χ3v) is 5.73. The van der Waals surface area contributed by atoms with E-state index in [0.717, 1.165) is 0 Å². The average Bonchev–Trinajstić information content (AvgIpc) is 3.26. The molecule has 3 heterocycles. The second-order valence-corrected chi connectivity index (χ2v) is 8.26. The minimum Gasteiger partial charge on any atom is -0.377 e. The molecule has 8 nitrogen and oxygen atoms in total. The molecule has 0 atom stereocenters. The van der Waals surface area contributed by atoms with Crippen molar-refractivity contribution in [1.29, 1.82) is 0 Å². The highest BCUT2D eigenvalue weighted by Gasteiger charge is 2.24. The summed E-state index contributed by atoms with van der Waals surface area (Å²) in [4.78, 5) is 30.0. The van der Waals surface area contributed by atoms with Crippen LogP contribution in [0.4, 0.5) is 10.2 Å². The molecule has 2 aromatic heterocycles. The van der Waals surface area contributed by atoms with Crippen molar-refractivity contribution in [2.45, 2.75) is 6.04 Å². The summed E-state index contributed by atoms with van der Waals surface area (Å²) in [5, 5.41) is 10.2. The number of nitrogens with zero attached hydrogens (tertiary/aromatic N) is 3. The van der Waals surface area contributed by atoms with E-state index in [1.165, 1.54) is 41.2 Å². The predicted octanol–water partition coefficient (Wildman–Crippen LogP) is 4.11. The molecule has 0 aliphatic carbocycles. The second-order valence-electron chi connectivity index (χ2n) is 7.85. The zero-order valence-corrected chi connectivity index (χ0v) is 19.0. The monoisotopic (exact) mass is 491 g/mol. The van der Waals surface area contributed by atoms with E-state index >= 15 is 0 Å². The molecule has 5 rings (SSSR count). The van der Waals surface area contributed by atoms with Crippen molar-refractivity contribution in [3.8, 4) is 16.9 Å². The number of nitrogens with one attached hydrogen (secondary N) is 2. The second kappa shape index (κ2) is 9.65. The first-order chi connectivity index (χ1) is 17.0. The molecule has 1 aliphatic rings. The molecule has 176 valence electrons. The van der Waals surface area contributed by atoms with Gasteiger partial charge in [-0.15, -0.1) is 0 Å². The molecule has 1 aliphatic heterocycles. The number of hydrogen-bond donors (Lipinski definition) is 2. The average molecular weight is 492 g/mol. The molecule has 1 saturated heterocycles. The summed E-state index contributed by atoms with van der Waals surface area (Å²) in [6, 6.07) is 17.8. The van der Waals surface area contributed by atoms with Crippen LogP contribution in [0.2, 0.25) is 5.02 Å². The van der Waals surface area contributed by atoms with E-state index in [-0.39, 0.29) is 39.7 Å². The highest BCUT2D eigenvalue weighted by atomic mass is 35.5. The van der Waals surface area contributed by atoms with Crippen LogP contribution in [0.5, 0.6) is 0 Å². The van der Waals surface area contributed by atoms with Gasteiger partial charge in [0.05, 0.1) is 35.5 Å². The number of carbonyl (C=O) groups excluding carboxylic acids is 2. The van der Waals surface area contributed by atoms with Gasteiger partial charge in [-0.3, -0.25) is 14.6 Å². The van der Waals surface area contributed by atoms with E-state index in [4.69, 9.17) is 16.3 Å². The van der Waals surface area contributed by atoms with Gasteiger partial charge in [-0.2, -0.15) is 5.10 Å². The van der Waals surface area contributed by atoms with Crippen LogP contribution in [0.3, 0.4) is 0 Å². The van der Waals surface area contributed by atoms with E-state index in [9.17, 15) is 14.0 Å². The largest absolute Gasteiger partial charge is 0.377 e. The molecule has 4 aromatic rings. The van der Waals surface area contributed by atoms with Crippen molar-refractivity contribution < 1.29 is 18.7 Å². The Hall–Kier alpha value is -4.08. The molecule has 0 spiro atoms. The zero-order valence-electron chi connectivity index (χ0n) is 18.2. The number of hydrogen-bond acceptors (Lipinski definition) is 5. The van der Waals surface area contributed by atoms with E-state index in [2.05, 4.69) is 20.7 Å². The van der Waals surface area contributed by atoms with Crippen molar-refractivity contribution in [2.75, 3.05) is 18.5 Å². The summed E-state index contributed by atoms with van der Waals surface area (Å²) in [5.74, 6) is -1.18. The van der Waals surface area contributed by atoms with Gasteiger partial charge in [-0.1, -0.05) is 35.9 Å². The number of pyridine rings is 1. The topological polar surface area (TPSA) is 98.1 Å². The summed E-state index contributed by atoms with van der Waals surface area (Å²) in [7, 11) is 0. The van der Waals surface area contributed by atoms with E-state index in [1.807, 2.05) is 18.2 Å². The minimum atomic E-state index is -0.551. The maximum absolute atomic E-state index is 14.2. The first-order valence-corrected chi connectivity index (χ1v) is 11.1. The minimum absolute atomic E-state index is 0.0732. The molecule has 1 fully saturated rings. The Labute approximate surface area is 204 Å². The zero-order chi connectivity index (χ0) is 24.4.